The molecular weight excluding hydrogens is 390 g/mol. The molecule has 0 unspecified atom stereocenters. The number of non-ortho nitro benzene ring substituents is 1. The first kappa shape index (κ1) is 16.9. The fourth-order valence-electron chi connectivity index (χ4n) is 1.67. The lowest BCUT2D eigenvalue weighted by atomic mass is 10.1. The Balaban J connectivity index is 2.12. The van der Waals surface area contributed by atoms with Crippen LogP contribution in [0.15, 0.2) is 34.1 Å². The Morgan fingerprint density at radius 2 is 1.91 bits per heavy atom. The van der Waals surface area contributed by atoms with Gasteiger partial charge in [-0.1, -0.05) is 0 Å². The van der Waals surface area contributed by atoms with E-state index < -0.39 is 16.7 Å². The average molecular weight is 400 g/mol. The predicted octanol–water partition coefficient (Wildman–Crippen LogP) is 2.50. The number of benzene rings is 1. The smallest absolute Gasteiger partial charge is 0.279 e. The van der Waals surface area contributed by atoms with Crippen molar-refractivity contribution in [3.05, 3.63) is 54.7 Å². The number of carbonyl (C=O) groups excluding carboxylic acids is 2. The summed E-state index contributed by atoms with van der Waals surface area (Å²) in [5.74, 6) is -1.07. The van der Waals surface area contributed by atoms with Gasteiger partial charge in [0.1, 0.15) is 5.75 Å². The second-order valence-corrected chi connectivity index (χ2v) is 6.62. The topological polar surface area (TPSA) is 111 Å². The Hall–Kier alpha value is -2.46. The molecule has 1 aromatic carbocycles. The lowest BCUT2D eigenvalue weighted by Gasteiger charge is -2.09. The Morgan fingerprint density at radius 1 is 1.22 bits per heavy atom. The Bertz CT molecular complexity index is 777. The number of amides is 2. The second-order valence-electron chi connectivity index (χ2n) is 4.15. The first-order valence-corrected chi connectivity index (χ1v) is 7.71. The molecule has 2 rings (SSSR count). The van der Waals surface area contributed by atoms with E-state index in [2.05, 4.69) is 26.8 Å². The SMILES string of the molecule is COc1ccc([N+](=O)[O-])cc1C(=O)NNC(=O)c1ccc(Br)s1. The molecule has 10 heteroatoms. The van der Waals surface area contributed by atoms with E-state index in [1.54, 1.807) is 12.1 Å². The van der Waals surface area contributed by atoms with Crippen LogP contribution in [-0.2, 0) is 0 Å². The van der Waals surface area contributed by atoms with Gasteiger partial charge in [0.25, 0.3) is 17.5 Å². The summed E-state index contributed by atoms with van der Waals surface area (Å²) in [6.45, 7) is 0. The zero-order valence-corrected chi connectivity index (χ0v) is 14.1. The number of halogens is 1. The molecule has 0 atom stereocenters. The lowest BCUT2D eigenvalue weighted by Crippen LogP contribution is -2.41. The number of nitro groups is 1. The molecule has 23 heavy (non-hydrogen) atoms. The maximum absolute atomic E-state index is 12.1. The molecule has 8 nitrogen and oxygen atoms in total. The van der Waals surface area contributed by atoms with Gasteiger partial charge in [0.05, 0.1) is 26.3 Å². The molecule has 2 aromatic rings. The number of hydrogen-bond acceptors (Lipinski definition) is 6. The summed E-state index contributed by atoms with van der Waals surface area (Å²) in [7, 11) is 1.33. The summed E-state index contributed by atoms with van der Waals surface area (Å²) in [5, 5.41) is 10.8. The summed E-state index contributed by atoms with van der Waals surface area (Å²) in [6, 6.07) is 6.89. The van der Waals surface area contributed by atoms with Gasteiger partial charge in [-0.15, -0.1) is 11.3 Å². The van der Waals surface area contributed by atoms with Crippen LogP contribution < -0.4 is 15.6 Å². The zero-order chi connectivity index (χ0) is 17.0. The number of ether oxygens (including phenoxy) is 1. The maximum Gasteiger partial charge on any atom is 0.279 e. The fraction of sp³-hybridized carbons (Fsp3) is 0.0769. The molecule has 0 aliphatic heterocycles. The number of carbonyl (C=O) groups is 2. The normalized spacial score (nSPS) is 10.0. The molecule has 0 saturated carbocycles. The van der Waals surface area contributed by atoms with Gasteiger partial charge in [-0.3, -0.25) is 30.6 Å². The Labute approximate surface area is 142 Å². The molecule has 2 N–H and O–H groups in total. The minimum atomic E-state index is -0.727. The van der Waals surface area contributed by atoms with Crippen LogP contribution >= 0.6 is 27.3 Å². The monoisotopic (exact) mass is 399 g/mol. The van der Waals surface area contributed by atoms with Crippen molar-refractivity contribution in [1.29, 1.82) is 0 Å². The van der Waals surface area contributed by atoms with Crippen LogP contribution in [0.1, 0.15) is 20.0 Å². The van der Waals surface area contributed by atoms with E-state index in [4.69, 9.17) is 4.74 Å². The molecule has 0 aliphatic carbocycles. The molecule has 0 saturated heterocycles. The van der Waals surface area contributed by atoms with Crippen molar-refractivity contribution in [3.8, 4) is 5.75 Å². The van der Waals surface area contributed by atoms with Crippen LogP contribution in [0.4, 0.5) is 5.69 Å². The van der Waals surface area contributed by atoms with Crippen molar-refractivity contribution in [2.24, 2.45) is 0 Å². The van der Waals surface area contributed by atoms with Crippen molar-refractivity contribution in [2.75, 3.05) is 7.11 Å². The number of thiophene rings is 1. The van der Waals surface area contributed by atoms with Gasteiger partial charge < -0.3 is 4.74 Å². The van der Waals surface area contributed by atoms with Gasteiger partial charge in [0, 0.05) is 12.1 Å². The van der Waals surface area contributed by atoms with Crippen LogP contribution in [0, 0.1) is 10.1 Å². The second kappa shape index (κ2) is 7.20. The lowest BCUT2D eigenvalue weighted by molar-refractivity contribution is -0.384. The van der Waals surface area contributed by atoms with E-state index in [-0.39, 0.29) is 17.0 Å². The number of nitrogens with zero attached hydrogens (tertiary/aromatic N) is 1. The third kappa shape index (κ3) is 4.05. The molecule has 0 aliphatic rings. The molecule has 2 amide bonds. The van der Waals surface area contributed by atoms with Gasteiger partial charge in [-0.2, -0.15) is 0 Å². The van der Waals surface area contributed by atoms with Crippen molar-refractivity contribution >= 4 is 44.8 Å². The first-order valence-electron chi connectivity index (χ1n) is 6.11. The predicted molar refractivity (Wildman–Crippen MR) is 86.6 cm³/mol. The molecule has 0 bridgehead atoms. The summed E-state index contributed by atoms with van der Waals surface area (Å²) in [4.78, 5) is 34.5. The van der Waals surface area contributed by atoms with Crippen LogP contribution in [-0.4, -0.2) is 23.8 Å². The zero-order valence-electron chi connectivity index (χ0n) is 11.7. The van der Waals surface area contributed by atoms with Crippen molar-refractivity contribution in [3.63, 3.8) is 0 Å². The van der Waals surface area contributed by atoms with Crippen LogP contribution in [0.3, 0.4) is 0 Å². The van der Waals surface area contributed by atoms with Crippen molar-refractivity contribution in [1.82, 2.24) is 10.9 Å². The molecule has 0 fully saturated rings. The average Bonchev–Trinajstić information content (AvgIpc) is 2.98. The quantitative estimate of drug-likeness (QED) is 0.605. The number of nitrogens with one attached hydrogen (secondary N) is 2. The molecular formula is C13H10BrN3O5S. The third-order valence-electron chi connectivity index (χ3n) is 2.73. The highest BCUT2D eigenvalue weighted by Crippen LogP contribution is 2.24. The van der Waals surface area contributed by atoms with E-state index >= 15 is 0 Å². The first-order chi connectivity index (χ1) is 10.9. The van der Waals surface area contributed by atoms with E-state index in [1.165, 1.54) is 30.6 Å². The Morgan fingerprint density at radius 3 is 2.48 bits per heavy atom. The number of hydrogen-bond donors (Lipinski definition) is 2. The largest absolute Gasteiger partial charge is 0.496 e. The highest BCUT2D eigenvalue weighted by Gasteiger charge is 2.18. The van der Waals surface area contributed by atoms with E-state index in [0.29, 0.717) is 4.88 Å². The third-order valence-corrected chi connectivity index (χ3v) is 4.35. The number of methoxy groups -OCH3 is 1. The minimum Gasteiger partial charge on any atom is -0.496 e. The molecule has 0 spiro atoms. The summed E-state index contributed by atoms with van der Waals surface area (Å²) >= 11 is 4.43. The Kier molecular flexibility index (Phi) is 5.29. The van der Waals surface area contributed by atoms with E-state index in [9.17, 15) is 19.7 Å². The highest BCUT2D eigenvalue weighted by atomic mass is 79.9. The molecule has 120 valence electrons. The van der Waals surface area contributed by atoms with E-state index in [1.807, 2.05) is 0 Å². The number of hydrazine groups is 1. The van der Waals surface area contributed by atoms with Crippen LogP contribution in [0.2, 0.25) is 0 Å². The molecule has 1 aromatic heterocycles. The fourth-order valence-corrected chi connectivity index (χ4v) is 2.95. The molecule has 1 heterocycles. The van der Waals surface area contributed by atoms with Crippen molar-refractivity contribution < 1.29 is 19.2 Å². The van der Waals surface area contributed by atoms with Crippen molar-refractivity contribution in [2.45, 2.75) is 0 Å². The van der Waals surface area contributed by atoms with Gasteiger partial charge in [-0.05, 0) is 34.1 Å². The van der Waals surface area contributed by atoms with Gasteiger partial charge in [0.2, 0.25) is 0 Å². The van der Waals surface area contributed by atoms with Gasteiger partial charge >= 0.3 is 0 Å². The summed E-state index contributed by atoms with van der Waals surface area (Å²) in [6.07, 6.45) is 0. The van der Waals surface area contributed by atoms with Gasteiger partial charge in [-0.25, -0.2) is 0 Å². The van der Waals surface area contributed by atoms with Gasteiger partial charge in [0.15, 0.2) is 0 Å². The number of rotatable bonds is 4. The number of nitro benzene ring substituents is 1. The van der Waals surface area contributed by atoms with E-state index in [0.717, 1.165) is 9.85 Å². The standard InChI is InChI=1S/C13H10BrN3O5S/c1-22-9-3-2-7(17(20)21)6-8(9)12(18)15-16-13(19)10-4-5-11(14)23-10/h2-6H,1H3,(H,15,18)(H,16,19). The maximum atomic E-state index is 12.1. The summed E-state index contributed by atoms with van der Waals surface area (Å²) in [5.41, 5.74) is 4.11. The van der Waals surface area contributed by atoms with Crippen LogP contribution in [0.25, 0.3) is 0 Å². The summed E-state index contributed by atoms with van der Waals surface area (Å²) < 4.78 is 5.77. The minimum absolute atomic E-state index is 0.0608. The molecule has 0 radical (unpaired) electrons. The highest BCUT2D eigenvalue weighted by molar-refractivity contribution is 9.11. The van der Waals surface area contributed by atoms with Crippen LogP contribution in [0.5, 0.6) is 5.75 Å².